The molecule has 0 bridgehead atoms. The summed E-state index contributed by atoms with van der Waals surface area (Å²) in [6.45, 7) is 10.0. The average molecular weight is 316 g/mol. The number of allylic oxidation sites excluding steroid dienone is 9. The highest BCUT2D eigenvalue weighted by molar-refractivity contribution is 6.03. The third-order valence-electron chi connectivity index (χ3n) is 3.55. The highest BCUT2D eigenvalue weighted by Crippen LogP contribution is 2.33. The van der Waals surface area contributed by atoms with E-state index < -0.39 is 0 Å². The standard InChI is InChI=1S/C19H26O.C2H6O/c1-5-8-11-16(10-7-3)14-17-13-15(4)18(19(17)20)12-9-6-2;1-3-2/h7-12,17H,3,5-6,13-14H2,1-2,4H3;1-2H3/b11-8-,12-9-,16-10+;. The van der Waals surface area contributed by atoms with Crippen molar-refractivity contribution in [2.24, 2.45) is 5.92 Å². The van der Waals surface area contributed by atoms with Crippen molar-refractivity contribution in [3.63, 3.8) is 0 Å². The van der Waals surface area contributed by atoms with Gasteiger partial charge < -0.3 is 4.74 Å². The molecule has 0 aromatic heterocycles. The summed E-state index contributed by atoms with van der Waals surface area (Å²) in [6.07, 6.45) is 15.8. The molecule has 1 aliphatic rings. The Hall–Kier alpha value is -1.67. The molecule has 2 nitrogen and oxygen atoms in total. The Labute approximate surface area is 142 Å². The Kier molecular flexibility index (Phi) is 11.9. The normalized spacial score (nSPS) is 18.7. The molecule has 0 N–H and O–H groups in total. The summed E-state index contributed by atoms with van der Waals surface area (Å²) in [4.78, 5) is 12.4. The molecule has 0 aromatic rings. The first-order valence-corrected chi connectivity index (χ1v) is 8.34. The molecule has 0 aromatic carbocycles. The van der Waals surface area contributed by atoms with Crippen LogP contribution in [0.25, 0.3) is 0 Å². The van der Waals surface area contributed by atoms with Gasteiger partial charge in [-0.25, -0.2) is 0 Å². The maximum Gasteiger partial charge on any atom is 0.166 e. The number of carbonyl (C=O) groups excluding carboxylic acids is 1. The topological polar surface area (TPSA) is 26.3 Å². The molecule has 0 saturated heterocycles. The molecule has 1 aliphatic carbocycles. The van der Waals surface area contributed by atoms with E-state index in [0.717, 1.165) is 31.3 Å². The Morgan fingerprint density at radius 2 is 1.87 bits per heavy atom. The van der Waals surface area contributed by atoms with Gasteiger partial charge in [0.15, 0.2) is 5.78 Å². The molecule has 0 radical (unpaired) electrons. The summed E-state index contributed by atoms with van der Waals surface area (Å²) in [6, 6.07) is 0. The SMILES string of the molecule is C=C/C=C(\C=C/CC)CC1CC(C)=C(/C=C\CC)C1=O.COC. The van der Waals surface area contributed by atoms with Crippen molar-refractivity contribution >= 4 is 5.78 Å². The Balaban J connectivity index is 0.00000149. The minimum absolute atomic E-state index is 0.0965. The van der Waals surface area contributed by atoms with Crippen molar-refractivity contribution < 1.29 is 9.53 Å². The molecule has 23 heavy (non-hydrogen) atoms. The van der Waals surface area contributed by atoms with Crippen molar-refractivity contribution in [1.82, 2.24) is 0 Å². The van der Waals surface area contributed by atoms with E-state index in [4.69, 9.17) is 0 Å². The van der Waals surface area contributed by atoms with Gasteiger partial charge in [0.1, 0.15) is 0 Å². The van der Waals surface area contributed by atoms with E-state index in [1.165, 1.54) is 11.1 Å². The summed E-state index contributed by atoms with van der Waals surface area (Å²) in [5.41, 5.74) is 3.34. The van der Waals surface area contributed by atoms with Crippen molar-refractivity contribution in [3.8, 4) is 0 Å². The number of hydrogen-bond donors (Lipinski definition) is 0. The van der Waals surface area contributed by atoms with E-state index in [-0.39, 0.29) is 5.92 Å². The Morgan fingerprint density at radius 1 is 1.26 bits per heavy atom. The lowest BCUT2D eigenvalue weighted by molar-refractivity contribution is -0.118. The molecular formula is C21H32O2. The van der Waals surface area contributed by atoms with E-state index in [2.05, 4.69) is 50.3 Å². The summed E-state index contributed by atoms with van der Waals surface area (Å²) in [7, 11) is 3.25. The van der Waals surface area contributed by atoms with Gasteiger partial charge in [-0.3, -0.25) is 4.79 Å². The summed E-state index contributed by atoms with van der Waals surface area (Å²) in [5, 5.41) is 0. The van der Waals surface area contributed by atoms with Gasteiger partial charge in [0.25, 0.3) is 0 Å². The van der Waals surface area contributed by atoms with E-state index in [1.54, 1.807) is 20.3 Å². The molecule has 0 aliphatic heterocycles. The predicted molar refractivity (Wildman–Crippen MR) is 101 cm³/mol. The maximum atomic E-state index is 12.4. The number of carbonyl (C=O) groups is 1. The van der Waals surface area contributed by atoms with Crippen LogP contribution in [0.1, 0.15) is 46.5 Å². The number of hydrogen-bond acceptors (Lipinski definition) is 2. The van der Waals surface area contributed by atoms with E-state index in [1.807, 2.05) is 12.2 Å². The number of methoxy groups -OCH3 is 1. The van der Waals surface area contributed by atoms with E-state index in [0.29, 0.717) is 5.78 Å². The van der Waals surface area contributed by atoms with Gasteiger partial charge in [-0.05, 0) is 38.2 Å². The average Bonchev–Trinajstić information content (AvgIpc) is 2.78. The van der Waals surface area contributed by atoms with Crippen LogP contribution in [0, 0.1) is 5.92 Å². The molecule has 0 saturated carbocycles. The minimum atomic E-state index is 0.0965. The second kappa shape index (κ2) is 12.8. The Bertz CT molecular complexity index is 490. The molecule has 1 rings (SSSR count). The van der Waals surface area contributed by atoms with Crippen molar-refractivity contribution in [1.29, 1.82) is 0 Å². The van der Waals surface area contributed by atoms with Gasteiger partial charge in [-0.2, -0.15) is 0 Å². The van der Waals surface area contributed by atoms with Crippen molar-refractivity contribution in [3.05, 3.63) is 59.8 Å². The fourth-order valence-electron chi connectivity index (χ4n) is 2.52. The maximum absolute atomic E-state index is 12.4. The molecule has 1 unspecified atom stereocenters. The predicted octanol–water partition coefficient (Wildman–Crippen LogP) is 5.59. The largest absolute Gasteiger partial charge is 0.388 e. The number of ketones is 1. The van der Waals surface area contributed by atoms with Crippen LogP contribution in [-0.2, 0) is 9.53 Å². The lowest BCUT2D eigenvalue weighted by Gasteiger charge is -2.09. The fraction of sp³-hybridized carbons (Fsp3) is 0.476. The second-order valence-electron chi connectivity index (χ2n) is 5.67. The molecule has 1 atom stereocenters. The van der Waals surface area contributed by atoms with Crippen LogP contribution >= 0.6 is 0 Å². The van der Waals surface area contributed by atoms with Crippen molar-refractivity contribution in [2.75, 3.05) is 14.2 Å². The van der Waals surface area contributed by atoms with Gasteiger partial charge >= 0.3 is 0 Å². The van der Waals surface area contributed by atoms with Crippen LogP contribution in [0.15, 0.2) is 59.8 Å². The highest BCUT2D eigenvalue weighted by atomic mass is 16.4. The van der Waals surface area contributed by atoms with Gasteiger partial charge in [0.05, 0.1) is 0 Å². The van der Waals surface area contributed by atoms with Crippen LogP contribution in [-0.4, -0.2) is 20.0 Å². The zero-order valence-electron chi connectivity index (χ0n) is 15.4. The monoisotopic (exact) mass is 316 g/mol. The van der Waals surface area contributed by atoms with Gasteiger partial charge in [-0.1, -0.05) is 62.5 Å². The third kappa shape index (κ3) is 7.94. The summed E-state index contributed by atoms with van der Waals surface area (Å²) in [5.74, 6) is 0.395. The summed E-state index contributed by atoms with van der Waals surface area (Å²) < 4.78 is 4.25. The summed E-state index contributed by atoms with van der Waals surface area (Å²) >= 11 is 0. The number of rotatable bonds is 7. The second-order valence-corrected chi connectivity index (χ2v) is 5.67. The Morgan fingerprint density at radius 3 is 2.39 bits per heavy atom. The molecule has 0 amide bonds. The molecule has 2 heteroatoms. The smallest absolute Gasteiger partial charge is 0.166 e. The van der Waals surface area contributed by atoms with Gasteiger partial charge in [0, 0.05) is 25.7 Å². The van der Waals surface area contributed by atoms with E-state index >= 15 is 0 Å². The lowest BCUT2D eigenvalue weighted by Crippen LogP contribution is -2.10. The fourth-order valence-corrected chi connectivity index (χ4v) is 2.52. The van der Waals surface area contributed by atoms with Crippen LogP contribution in [0.5, 0.6) is 0 Å². The van der Waals surface area contributed by atoms with Gasteiger partial charge in [0.2, 0.25) is 0 Å². The van der Waals surface area contributed by atoms with Crippen LogP contribution in [0.3, 0.4) is 0 Å². The quantitative estimate of drug-likeness (QED) is 0.572. The zero-order valence-corrected chi connectivity index (χ0v) is 15.4. The molecule has 0 spiro atoms. The van der Waals surface area contributed by atoms with Crippen LogP contribution in [0.4, 0.5) is 0 Å². The van der Waals surface area contributed by atoms with E-state index in [9.17, 15) is 4.79 Å². The lowest BCUT2D eigenvalue weighted by atomic mass is 9.94. The van der Waals surface area contributed by atoms with Crippen molar-refractivity contribution in [2.45, 2.75) is 46.5 Å². The molecule has 128 valence electrons. The first-order valence-electron chi connectivity index (χ1n) is 8.34. The third-order valence-corrected chi connectivity index (χ3v) is 3.55. The number of ether oxygens (including phenoxy) is 1. The first kappa shape index (κ1) is 21.3. The van der Waals surface area contributed by atoms with Crippen LogP contribution in [0.2, 0.25) is 0 Å². The molecule has 0 fully saturated rings. The van der Waals surface area contributed by atoms with Crippen LogP contribution < -0.4 is 0 Å². The van der Waals surface area contributed by atoms with Gasteiger partial charge in [-0.15, -0.1) is 0 Å². The zero-order chi connectivity index (χ0) is 17.7. The first-order chi connectivity index (χ1) is 11.0. The highest BCUT2D eigenvalue weighted by Gasteiger charge is 2.29. The number of Topliss-reactive ketones (excluding diaryl/α,β-unsaturated/α-hetero) is 1. The minimum Gasteiger partial charge on any atom is -0.388 e. The molecule has 0 heterocycles. The molecular weight excluding hydrogens is 284 g/mol.